The molecule has 2 aliphatic carbocycles. The number of hydrogen-bond donors (Lipinski definition) is 4. The Hall–Kier alpha value is -12.4. The first-order valence-electron chi connectivity index (χ1n) is 43.7. The normalized spacial score (nSPS) is 14.2. The number of rotatable bonds is 44. The summed E-state index contributed by atoms with van der Waals surface area (Å²) < 4.78 is 62.6. The van der Waals surface area contributed by atoms with Gasteiger partial charge in [-0.25, -0.2) is 14.4 Å². The van der Waals surface area contributed by atoms with Crippen molar-refractivity contribution in [3.05, 3.63) is 361 Å². The first-order chi connectivity index (χ1) is 62.6. The number of carbonyl (C=O) groups is 3. The van der Waals surface area contributed by atoms with E-state index in [4.69, 9.17) is 62.3 Å². The SMILES string of the molecule is CCOC(=O)c1ccc(C2(c3ccc(COCCOCCOCCO)cc3)c3cc(-c4ccccc4)ccc3-c3cc(C)c(-c4ccc(-c5cc(C)c(-c6ccc(-c7cc8c(cc7C)-c7ccc(-c9ccccc9)cc7C8(c7ccc(COCCOCCOCCO)cc7)c7ccc(OCCOCCOCCOC)c(C(=O)O)c7)cc6)cc5C)cc4)cc32)cc1C(=O)O. The first kappa shape index (κ1) is 90.4. The lowest BCUT2D eigenvalue weighted by Gasteiger charge is -2.35. The Morgan fingerprint density at radius 3 is 1.02 bits per heavy atom. The van der Waals surface area contributed by atoms with Crippen molar-refractivity contribution in [1.82, 2.24) is 0 Å². The minimum Gasteiger partial charge on any atom is -0.490 e. The van der Waals surface area contributed by atoms with E-state index in [1.54, 1.807) is 38.3 Å². The van der Waals surface area contributed by atoms with E-state index in [0.29, 0.717) is 98.1 Å². The lowest BCUT2D eigenvalue weighted by molar-refractivity contribution is 0.00450. The highest BCUT2D eigenvalue weighted by Crippen LogP contribution is 2.61. The number of ether oxygens (including phenoxy) is 11. The molecule has 2 atom stereocenters. The van der Waals surface area contributed by atoms with Crippen LogP contribution in [-0.4, -0.2) is 171 Å². The third-order valence-electron chi connectivity index (χ3n) is 24.1. The van der Waals surface area contributed by atoms with Gasteiger partial charge in [-0.15, -0.1) is 0 Å². The van der Waals surface area contributed by atoms with Gasteiger partial charge in [-0.2, -0.15) is 0 Å². The average Bonchev–Trinajstić information content (AvgIpc) is 1.53. The molecule has 656 valence electrons. The molecule has 0 heterocycles. The summed E-state index contributed by atoms with van der Waals surface area (Å²) in [5.41, 5.74) is 27.4. The van der Waals surface area contributed by atoms with Crippen LogP contribution < -0.4 is 4.74 Å². The van der Waals surface area contributed by atoms with E-state index in [2.05, 4.69) is 222 Å². The molecule has 13 aromatic carbocycles. The molecule has 2 unspecified atom stereocenters. The van der Waals surface area contributed by atoms with Gasteiger partial charge in [0, 0.05) is 7.11 Å². The molecule has 0 saturated carbocycles. The summed E-state index contributed by atoms with van der Waals surface area (Å²) in [5, 5.41) is 40.5. The van der Waals surface area contributed by atoms with Gasteiger partial charge in [-0.05, 0) is 250 Å². The zero-order valence-corrected chi connectivity index (χ0v) is 73.3. The number of carboxylic acids is 2. The van der Waals surface area contributed by atoms with Crippen LogP contribution in [0.5, 0.6) is 5.75 Å². The van der Waals surface area contributed by atoms with Crippen molar-refractivity contribution in [3.63, 3.8) is 0 Å². The van der Waals surface area contributed by atoms with Crippen LogP contribution in [0.3, 0.4) is 0 Å². The van der Waals surface area contributed by atoms with Crippen molar-refractivity contribution in [3.8, 4) is 94.8 Å². The van der Waals surface area contributed by atoms with Gasteiger partial charge in [0.15, 0.2) is 0 Å². The number of esters is 1. The van der Waals surface area contributed by atoms with E-state index < -0.39 is 28.7 Å². The number of aliphatic hydroxyl groups excluding tert-OH is 2. The van der Waals surface area contributed by atoms with Crippen molar-refractivity contribution < 1.29 is 86.9 Å². The highest BCUT2D eigenvalue weighted by molar-refractivity contribution is 6.03. The lowest BCUT2D eigenvalue weighted by atomic mass is 9.66. The lowest BCUT2D eigenvalue weighted by Crippen LogP contribution is -2.29. The summed E-state index contributed by atoms with van der Waals surface area (Å²) in [4.78, 5) is 40.9. The van der Waals surface area contributed by atoms with Crippen molar-refractivity contribution >= 4 is 17.9 Å². The molecule has 18 heteroatoms. The maximum absolute atomic E-state index is 13.8. The maximum Gasteiger partial charge on any atom is 0.339 e. The largest absolute Gasteiger partial charge is 0.490 e. The van der Waals surface area contributed by atoms with E-state index in [9.17, 15) is 24.6 Å². The van der Waals surface area contributed by atoms with Gasteiger partial charge in [0.05, 0.1) is 154 Å². The number of methoxy groups -OCH3 is 1. The maximum atomic E-state index is 13.8. The van der Waals surface area contributed by atoms with Gasteiger partial charge in [-0.3, -0.25) is 0 Å². The summed E-state index contributed by atoms with van der Waals surface area (Å²) in [7, 11) is 1.62. The second-order valence-electron chi connectivity index (χ2n) is 32.1. The minimum absolute atomic E-state index is 0.0163. The number of benzene rings is 13. The van der Waals surface area contributed by atoms with E-state index in [-0.39, 0.29) is 68.7 Å². The Labute approximate surface area is 748 Å². The molecular formula is C110H108O18. The fourth-order valence-electron chi connectivity index (χ4n) is 18.0. The molecule has 15 rings (SSSR count). The molecule has 18 nitrogen and oxygen atoms in total. The fourth-order valence-corrected chi connectivity index (χ4v) is 18.0. The Balaban J connectivity index is 0.762. The van der Waals surface area contributed by atoms with Crippen LogP contribution in [0.15, 0.2) is 267 Å². The predicted molar refractivity (Wildman–Crippen MR) is 498 cm³/mol. The van der Waals surface area contributed by atoms with Gasteiger partial charge < -0.3 is 72.5 Å². The van der Waals surface area contributed by atoms with Crippen LogP contribution in [0.1, 0.15) is 116 Å². The highest BCUT2D eigenvalue weighted by atomic mass is 16.6. The Morgan fingerprint density at radius 2 is 0.625 bits per heavy atom. The van der Waals surface area contributed by atoms with Crippen molar-refractivity contribution in [2.24, 2.45) is 0 Å². The smallest absolute Gasteiger partial charge is 0.339 e. The quantitative estimate of drug-likeness (QED) is 0.0205. The molecule has 0 amide bonds. The van der Waals surface area contributed by atoms with E-state index in [1.807, 2.05) is 48.5 Å². The van der Waals surface area contributed by atoms with Crippen LogP contribution in [-0.2, 0) is 71.4 Å². The minimum atomic E-state index is -1.25. The van der Waals surface area contributed by atoms with Crippen LogP contribution in [0.4, 0.5) is 0 Å². The van der Waals surface area contributed by atoms with Crippen molar-refractivity contribution in [2.75, 3.05) is 133 Å². The Morgan fingerprint density at radius 1 is 0.289 bits per heavy atom. The number of hydrogen-bond acceptors (Lipinski definition) is 16. The molecule has 0 radical (unpaired) electrons. The first-order valence-corrected chi connectivity index (χ1v) is 43.7. The zero-order chi connectivity index (χ0) is 89.1. The summed E-state index contributed by atoms with van der Waals surface area (Å²) in [5.74, 6) is -2.88. The van der Waals surface area contributed by atoms with E-state index >= 15 is 0 Å². The van der Waals surface area contributed by atoms with Gasteiger partial charge in [-0.1, -0.05) is 218 Å². The second kappa shape index (κ2) is 42.5. The molecule has 128 heavy (non-hydrogen) atoms. The molecular weight excluding hydrogens is 1610 g/mol. The van der Waals surface area contributed by atoms with Gasteiger partial charge in [0.1, 0.15) is 17.9 Å². The molecule has 13 aromatic rings. The molecule has 2 aliphatic rings. The monoisotopic (exact) mass is 1720 g/mol. The highest BCUT2D eigenvalue weighted by Gasteiger charge is 2.50. The summed E-state index contributed by atoms with van der Waals surface area (Å²) in [6.07, 6.45) is 0. The molecule has 4 N–H and O–H groups in total. The third kappa shape index (κ3) is 19.5. The predicted octanol–water partition coefficient (Wildman–Crippen LogP) is 20.4. The molecule has 0 fully saturated rings. The number of carbonyl (C=O) groups excluding carboxylic acids is 1. The van der Waals surface area contributed by atoms with Gasteiger partial charge in [0.2, 0.25) is 0 Å². The number of aryl methyl sites for hydroxylation is 4. The zero-order valence-electron chi connectivity index (χ0n) is 73.3. The van der Waals surface area contributed by atoms with Crippen LogP contribution in [0, 0.1) is 27.7 Å². The number of aromatic carboxylic acids is 2. The van der Waals surface area contributed by atoms with Crippen molar-refractivity contribution in [1.29, 1.82) is 0 Å². The van der Waals surface area contributed by atoms with Crippen LogP contribution in [0.2, 0.25) is 0 Å². The Bertz CT molecular complexity index is 6030. The van der Waals surface area contributed by atoms with E-state index in [0.717, 1.165) is 161 Å². The molecule has 0 saturated heterocycles. The molecule has 0 bridgehead atoms. The molecule has 0 aliphatic heterocycles. The van der Waals surface area contributed by atoms with Crippen LogP contribution in [0.25, 0.3) is 89.0 Å². The van der Waals surface area contributed by atoms with Crippen molar-refractivity contribution in [2.45, 2.75) is 58.7 Å². The van der Waals surface area contributed by atoms with Crippen LogP contribution >= 0.6 is 0 Å². The Kier molecular flexibility index (Phi) is 30.0. The topological polar surface area (TPSA) is 234 Å². The summed E-state index contributed by atoms with van der Waals surface area (Å²) in [6.45, 7) is 16.5. The fraction of sp³-hybridized carbons (Fsp3) is 0.264. The van der Waals surface area contributed by atoms with Gasteiger partial charge >= 0.3 is 17.9 Å². The summed E-state index contributed by atoms with van der Waals surface area (Å²) in [6, 6.07) is 92.5. The molecule has 0 aromatic heterocycles. The number of fused-ring (bicyclic) bond motifs is 6. The number of aliphatic hydroxyl groups is 2. The third-order valence-corrected chi connectivity index (χ3v) is 24.1. The van der Waals surface area contributed by atoms with E-state index in [1.165, 1.54) is 0 Å². The standard InChI is InChI=1S/C110H108O18/c1-7-127-108(117)92-40-36-88(66-99(92)106(113)114)109(86-32-18-76(19-33-86)70-125-56-54-122-50-48-119-44-42-111)101-64-84(78-14-10-8-11-15-78)30-38-90(101)97-62-74(4)95(68-103(97)109)82-26-22-80(23-27-82)93-60-73(3)94(61-72(93)2)81-24-28-83(29-25-81)96-69-104-98(63-75(96)5)91-39-31-85(79-16-12-9-13-17-79)65-102(91)110(104,87-34-20-77(21-35-87)71-126-57-55-123-51-49-120-45-43-112)89-37-41-105(100(67-89)107(115)116)128-59-58-124-53-52-121-47-46-118-6/h8-41,60-69,111-112H,7,42-59,70-71H2,1-6H3,(H,113,114)(H,115,116). The number of carboxylic acid groups (broad SMARTS) is 2. The summed E-state index contributed by atoms with van der Waals surface area (Å²) >= 11 is 0. The molecule has 0 spiro atoms. The average molecular weight is 1720 g/mol. The van der Waals surface area contributed by atoms with Gasteiger partial charge in [0.25, 0.3) is 0 Å². The second-order valence-corrected chi connectivity index (χ2v) is 32.1.